The number of aromatic nitrogens is 5. The van der Waals surface area contributed by atoms with Crippen LogP contribution in [0.15, 0.2) is 24.5 Å². The van der Waals surface area contributed by atoms with Crippen LogP contribution in [0.4, 0.5) is 17.3 Å². The quantitative estimate of drug-likeness (QED) is 0.696. The average molecular weight is 378 g/mol. The van der Waals surface area contributed by atoms with Crippen LogP contribution >= 0.6 is 0 Å². The second-order valence-corrected chi connectivity index (χ2v) is 7.81. The number of fused-ring (bicyclic) bond motifs is 2. The molecule has 0 spiro atoms. The molecule has 0 saturated carbocycles. The van der Waals surface area contributed by atoms with Gasteiger partial charge in [0.2, 0.25) is 5.91 Å². The van der Waals surface area contributed by atoms with Gasteiger partial charge in [0, 0.05) is 37.7 Å². The number of aromatic amines is 1. The van der Waals surface area contributed by atoms with Crippen LogP contribution in [0.1, 0.15) is 31.9 Å². The number of piperidine rings is 1. The van der Waals surface area contributed by atoms with Crippen LogP contribution in [0.25, 0.3) is 11.2 Å². The number of rotatable bonds is 2. The third-order valence-electron chi connectivity index (χ3n) is 5.61. The van der Waals surface area contributed by atoms with Crippen molar-refractivity contribution < 1.29 is 4.79 Å². The molecule has 0 radical (unpaired) electrons. The molecule has 5 heterocycles. The monoisotopic (exact) mass is 378 g/mol. The Hall–Kier alpha value is -3.07. The van der Waals surface area contributed by atoms with Gasteiger partial charge >= 0.3 is 0 Å². The van der Waals surface area contributed by atoms with Gasteiger partial charge in [-0.2, -0.15) is 5.10 Å². The second kappa shape index (κ2) is 6.23. The number of carbonyl (C=O) groups is 1. The number of H-pyrrole nitrogens is 1. The van der Waals surface area contributed by atoms with E-state index in [1.165, 1.54) is 0 Å². The maximum Gasteiger partial charge on any atom is 0.233 e. The molecule has 1 amide bonds. The summed E-state index contributed by atoms with van der Waals surface area (Å²) < 4.78 is 0. The molecule has 0 bridgehead atoms. The summed E-state index contributed by atoms with van der Waals surface area (Å²) in [4.78, 5) is 30.1. The highest BCUT2D eigenvalue weighted by Gasteiger charge is 2.31. The highest BCUT2D eigenvalue weighted by molar-refractivity contribution is 6.06. The van der Waals surface area contributed by atoms with Crippen molar-refractivity contribution in [1.29, 1.82) is 0 Å². The predicted molar refractivity (Wildman–Crippen MR) is 105 cm³/mol. The highest BCUT2D eigenvalue weighted by Crippen LogP contribution is 2.35. The fourth-order valence-corrected chi connectivity index (χ4v) is 3.86. The van der Waals surface area contributed by atoms with Gasteiger partial charge in [0.1, 0.15) is 5.82 Å². The van der Waals surface area contributed by atoms with Crippen molar-refractivity contribution in [3.05, 3.63) is 30.2 Å². The summed E-state index contributed by atoms with van der Waals surface area (Å²) in [6.45, 7) is 3.78. The molecule has 3 aromatic heterocycles. The molecule has 144 valence electrons. The van der Waals surface area contributed by atoms with Gasteiger partial charge < -0.3 is 10.6 Å². The fraction of sp³-hybridized carbons (Fsp3) is 0.421. The van der Waals surface area contributed by atoms with Crippen LogP contribution in [-0.4, -0.2) is 49.7 Å². The Morgan fingerprint density at radius 2 is 2.04 bits per heavy atom. The molecule has 1 fully saturated rings. The molecule has 9 nitrogen and oxygen atoms in total. The molecule has 0 atom stereocenters. The molecule has 9 heteroatoms. The van der Waals surface area contributed by atoms with E-state index in [4.69, 9.17) is 10.7 Å². The number of nitrogens with zero attached hydrogens (tertiary/aromatic N) is 6. The van der Waals surface area contributed by atoms with Crippen molar-refractivity contribution in [2.75, 3.05) is 22.9 Å². The van der Waals surface area contributed by atoms with E-state index in [0.717, 1.165) is 43.1 Å². The zero-order valence-electron chi connectivity index (χ0n) is 15.7. The van der Waals surface area contributed by atoms with Crippen LogP contribution in [0, 0.1) is 0 Å². The number of hydrogen-bond donors (Lipinski definition) is 2. The predicted octanol–water partition coefficient (Wildman–Crippen LogP) is 1.68. The number of pyridine rings is 1. The van der Waals surface area contributed by atoms with Crippen molar-refractivity contribution in [2.45, 2.75) is 38.1 Å². The van der Waals surface area contributed by atoms with Crippen LogP contribution in [0.5, 0.6) is 0 Å². The molecule has 1 saturated heterocycles. The molecule has 2 aliphatic rings. The Bertz CT molecular complexity index is 1050. The van der Waals surface area contributed by atoms with E-state index >= 15 is 0 Å². The fourth-order valence-electron chi connectivity index (χ4n) is 3.86. The van der Waals surface area contributed by atoms with E-state index in [-0.39, 0.29) is 11.4 Å². The maximum atomic E-state index is 12.7. The Labute approximate surface area is 162 Å². The van der Waals surface area contributed by atoms with Crippen LogP contribution in [0.2, 0.25) is 0 Å². The topological polar surface area (TPSA) is 117 Å². The van der Waals surface area contributed by atoms with Crippen LogP contribution < -0.4 is 15.5 Å². The number of nitrogens with two attached hydrogens (primary N) is 1. The summed E-state index contributed by atoms with van der Waals surface area (Å²) in [6, 6.07) is 3.71. The molecule has 2 aliphatic heterocycles. The lowest BCUT2D eigenvalue weighted by Gasteiger charge is -2.37. The zero-order chi connectivity index (χ0) is 19.3. The molecule has 0 aromatic carbocycles. The number of nitrogens with one attached hydrogen (secondary N) is 1. The Kier molecular flexibility index (Phi) is 3.80. The Morgan fingerprint density at radius 3 is 2.86 bits per heavy atom. The van der Waals surface area contributed by atoms with E-state index < -0.39 is 0 Å². The lowest BCUT2D eigenvalue weighted by Crippen LogP contribution is -2.48. The summed E-state index contributed by atoms with van der Waals surface area (Å²) in [5, 5.41) is 7.31. The number of anilines is 3. The Balaban J connectivity index is 1.50. The number of hydrogen-bond acceptors (Lipinski definition) is 7. The first-order valence-electron chi connectivity index (χ1n) is 9.54. The van der Waals surface area contributed by atoms with Gasteiger partial charge in [-0.3, -0.25) is 19.8 Å². The lowest BCUT2D eigenvalue weighted by molar-refractivity contribution is -0.118. The molecule has 5 rings (SSSR count). The molecule has 28 heavy (non-hydrogen) atoms. The van der Waals surface area contributed by atoms with Gasteiger partial charge in [-0.1, -0.05) is 0 Å². The number of carbonyl (C=O) groups excluding carboxylic acids is 1. The van der Waals surface area contributed by atoms with Gasteiger partial charge in [-0.25, -0.2) is 9.97 Å². The SMILES string of the molecule is CC1(N)CCN(c2cnc3c(N4C(=O)CCc5ncccc54)n[nH]c3n2)CC1. The van der Waals surface area contributed by atoms with Crippen LogP contribution in [-0.2, 0) is 11.2 Å². The smallest absolute Gasteiger partial charge is 0.233 e. The van der Waals surface area contributed by atoms with Crippen molar-refractivity contribution in [3.8, 4) is 0 Å². The van der Waals surface area contributed by atoms with E-state index in [0.29, 0.717) is 29.8 Å². The number of aryl methyl sites for hydroxylation is 1. The summed E-state index contributed by atoms with van der Waals surface area (Å²) in [7, 11) is 0. The third-order valence-corrected chi connectivity index (χ3v) is 5.61. The summed E-state index contributed by atoms with van der Waals surface area (Å²) in [5.41, 5.74) is 8.90. The van der Waals surface area contributed by atoms with Gasteiger partial charge in [0.15, 0.2) is 17.0 Å². The Morgan fingerprint density at radius 1 is 1.21 bits per heavy atom. The van der Waals surface area contributed by atoms with Gasteiger partial charge in [0.05, 0.1) is 17.6 Å². The first-order chi connectivity index (χ1) is 13.5. The molecule has 3 aromatic rings. The maximum absolute atomic E-state index is 12.7. The minimum Gasteiger partial charge on any atom is -0.355 e. The lowest BCUT2D eigenvalue weighted by atomic mass is 9.91. The van der Waals surface area contributed by atoms with E-state index in [9.17, 15) is 4.79 Å². The first kappa shape index (κ1) is 17.1. The van der Waals surface area contributed by atoms with Crippen molar-refractivity contribution in [3.63, 3.8) is 0 Å². The first-order valence-corrected chi connectivity index (χ1v) is 9.54. The standard InChI is InChI=1S/C19H22N8O/c1-19(20)6-9-26(10-7-19)14-11-22-16-17(23-14)24-25-18(16)27-13-3-2-8-21-12(13)4-5-15(27)28/h2-3,8,11H,4-7,9-10,20H2,1H3,(H,23,24,25). The zero-order valence-corrected chi connectivity index (χ0v) is 15.7. The average Bonchev–Trinajstić information content (AvgIpc) is 3.11. The minimum atomic E-state index is -0.120. The molecular formula is C19H22N8O. The van der Waals surface area contributed by atoms with Gasteiger partial charge in [-0.15, -0.1) is 0 Å². The summed E-state index contributed by atoms with van der Waals surface area (Å²) in [5.74, 6) is 1.25. The van der Waals surface area contributed by atoms with Crippen molar-refractivity contribution >= 4 is 34.4 Å². The van der Waals surface area contributed by atoms with Gasteiger partial charge in [0.25, 0.3) is 0 Å². The van der Waals surface area contributed by atoms with Crippen molar-refractivity contribution in [2.24, 2.45) is 5.73 Å². The minimum absolute atomic E-state index is 0.0157. The third kappa shape index (κ3) is 2.78. The summed E-state index contributed by atoms with van der Waals surface area (Å²) >= 11 is 0. The molecular weight excluding hydrogens is 356 g/mol. The number of amides is 1. The molecule has 0 aliphatic carbocycles. The second-order valence-electron chi connectivity index (χ2n) is 7.81. The molecule has 3 N–H and O–H groups in total. The van der Waals surface area contributed by atoms with E-state index in [2.05, 4.69) is 32.0 Å². The van der Waals surface area contributed by atoms with Gasteiger partial charge in [-0.05, 0) is 31.9 Å². The largest absolute Gasteiger partial charge is 0.355 e. The normalized spacial score (nSPS) is 19.1. The summed E-state index contributed by atoms with van der Waals surface area (Å²) in [6.07, 6.45) is 6.35. The van der Waals surface area contributed by atoms with E-state index in [1.807, 2.05) is 12.1 Å². The highest BCUT2D eigenvalue weighted by atomic mass is 16.2. The molecule has 0 unspecified atom stereocenters. The van der Waals surface area contributed by atoms with Crippen LogP contribution in [0.3, 0.4) is 0 Å². The van der Waals surface area contributed by atoms with Crippen molar-refractivity contribution in [1.82, 2.24) is 25.1 Å². The van der Waals surface area contributed by atoms with E-state index in [1.54, 1.807) is 17.3 Å².